The molecule has 0 aromatic heterocycles. The van der Waals surface area contributed by atoms with E-state index in [2.05, 4.69) is 5.32 Å². The number of amides is 1. The smallest absolute Gasteiger partial charge is 0.327 e. The number of nitrogens with zero attached hydrogens (tertiary/aromatic N) is 1. The summed E-state index contributed by atoms with van der Waals surface area (Å²) < 4.78 is 32.6. The van der Waals surface area contributed by atoms with Crippen molar-refractivity contribution in [1.29, 1.82) is 0 Å². The Balaban J connectivity index is 2.40. The number of carbonyl (C=O) groups excluding carboxylic acids is 2. The van der Waals surface area contributed by atoms with E-state index in [9.17, 15) is 18.0 Å². The third-order valence-electron chi connectivity index (χ3n) is 3.72. The number of esters is 1. The van der Waals surface area contributed by atoms with E-state index in [0.717, 1.165) is 9.87 Å². The van der Waals surface area contributed by atoms with Crippen molar-refractivity contribution in [2.75, 3.05) is 16.2 Å². The van der Waals surface area contributed by atoms with Crippen LogP contribution in [-0.2, 0) is 24.3 Å². The Hall–Kier alpha value is -2.87. The number of rotatable bonds is 7. The SMILES string of the molecule is CC(=O)Nc1ccc(S(=O)(=O)N(CC(=O)OC(C)C)c2ccc(C)cc2)cc1. The van der Waals surface area contributed by atoms with Crippen LogP contribution >= 0.6 is 0 Å². The second-order valence-electron chi connectivity index (χ2n) is 6.59. The van der Waals surface area contributed by atoms with E-state index < -0.39 is 22.5 Å². The molecule has 2 aromatic carbocycles. The predicted molar refractivity (Wildman–Crippen MR) is 108 cm³/mol. The lowest BCUT2D eigenvalue weighted by molar-refractivity contribution is -0.145. The lowest BCUT2D eigenvalue weighted by atomic mass is 10.2. The van der Waals surface area contributed by atoms with Gasteiger partial charge < -0.3 is 10.1 Å². The number of benzene rings is 2. The molecular formula is C20H24N2O5S. The van der Waals surface area contributed by atoms with E-state index in [1.807, 2.05) is 6.92 Å². The summed E-state index contributed by atoms with van der Waals surface area (Å²) in [6.07, 6.45) is -0.355. The van der Waals surface area contributed by atoms with Crippen LogP contribution in [0.4, 0.5) is 11.4 Å². The highest BCUT2D eigenvalue weighted by Crippen LogP contribution is 2.25. The predicted octanol–water partition coefficient (Wildman–Crippen LogP) is 3.10. The quantitative estimate of drug-likeness (QED) is 0.716. The Labute approximate surface area is 165 Å². The lowest BCUT2D eigenvalue weighted by Crippen LogP contribution is -2.37. The second-order valence-corrected chi connectivity index (χ2v) is 8.45. The van der Waals surface area contributed by atoms with Gasteiger partial charge in [-0.05, 0) is 57.2 Å². The van der Waals surface area contributed by atoms with Crippen LogP contribution in [0.3, 0.4) is 0 Å². The van der Waals surface area contributed by atoms with Crippen LogP contribution < -0.4 is 9.62 Å². The molecule has 0 atom stereocenters. The minimum Gasteiger partial charge on any atom is -0.462 e. The summed E-state index contributed by atoms with van der Waals surface area (Å²) in [6.45, 7) is 6.20. The Morgan fingerprint density at radius 3 is 2.11 bits per heavy atom. The summed E-state index contributed by atoms with van der Waals surface area (Å²) >= 11 is 0. The van der Waals surface area contributed by atoms with Crippen molar-refractivity contribution < 1.29 is 22.7 Å². The molecule has 150 valence electrons. The zero-order valence-electron chi connectivity index (χ0n) is 16.3. The van der Waals surface area contributed by atoms with Crippen LogP contribution in [0.1, 0.15) is 26.3 Å². The molecule has 2 aromatic rings. The highest BCUT2D eigenvalue weighted by Gasteiger charge is 2.28. The number of anilines is 2. The molecular weight excluding hydrogens is 380 g/mol. The van der Waals surface area contributed by atoms with Crippen molar-refractivity contribution in [3.8, 4) is 0 Å². The fourth-order valence-corrected chi connectivity index (χ4v) is 3.89. The number of aryl methyl sites for hydroxylation is 1. The summed E-state index contributed by atoms with van der Waals surface area (Å²) in [5.74, 6) is -0.901. The van der Waals surface area contributed by atoms with E-state index in [1.165, 1.54) is 31.2 Å². The molecule has 7 nitrogen and oxygen atoms in total. The summed E-state index contributed by atoms with van der Waals surface area (Å²) in [4.78, 5) is 23.3. The highest BCUT2D eigenvalue weighted by atomic mass is 32.2. The Morgan fingerprint density at radius 2 is 1.61 bits per heavy atom. The van der Waals surface area contributed by atoms with Gasteiger partial charge in [0, 0.05) is 12.6 Å². The molecule has 0 bridgehead atoms. The second kappa shape index (κ2) is 8.88. The first-order valence-electron chi connectivity index (χ1n) is 8.76. The first-order valence-corrected chi connectivity index (χ1v) is 10.2. The molecule has 28 heavy (non-hydrogen) atoms. The minimum atomic E-state index is -4.02. The number of carbonyl (C=O) groups is 2. The van der Waals surface area contributed by atoms with E-state index >= 15 is 0 Å². The van der Waals surface area contributed by atoms with Gasteiger partial charge in [0.05, 0.1) is 16.7 Å². The van der Waals surface area contributed by atoms with Gasteiger partial charge >= 0.3 is 5.97 Å². The van der Waals surface area contributed by atoms with Gasteiger partial charge in [-0.3, -0.25) is 13.9 Å². The van der Waals surface area contributed by atoms with E-state index in [0.29, 0.717) is 11.4 Å². The summed E-state index contributed by atoms with van der Waals surface area (Å²) in [6, 6.07) is 12.6. The van der Waals surface area contributed by atoms with Crippen LogP contribution in [0.5, 0.6) is 0 Å². The highest BCUT2D eigenvalue weighted by molar-refractivity contribution is 7.92. The summed E-state index contributed by atoms with van der Waals surface area (Å²) in [7, 11) is -4.02. The van der Waals surface area contributed by atoms with Gasteiger partial charge in [-0.25, -0.2) is 8.42 Å². The van der Waals surface area contributed by atoms with Crippen LogP contribution in [-0.4, -0.2) is 32.9 Å². The van der Waals surface area contributed by atoms with Gasteiger partial charge in [-0.1, -0.05) is 17.7 Å². The molecule has 0 spiro atoms. The van der Waals surface area contributed by atoms with Gasteiger partial charge in [0.25, 0.3) is 10.0 Å². The average Bonchev–Trinajstić information content (AvgIpc) is 2.60. The van der Waals surface area contributed by atoms with E-state index in [1.54, 1.807) is 38.1 Å². The van der Waals surface area contributed by atoms with Crippen LogP contribution in [0.2, 0.25) is 0 Å². The number of sulfonamides is 1. The molecule has 0 saturated heterocycles. The standard InChI is InChI=1S/C20H24N2O5S/c1-14(2)27-20(24)13-22(18-9-5-15(3)6-10-18)28(25,26)19-11-7-17(8-12-19)21-16(4)23/h5-12,14H,13H2,1-4H3,(H,21,23). The van der Waals surface area contributed by atoms with Crippen LogP contribution in [0, 0.1) is 6.92 Å². The van der Waals surface area contributed by atoms with Crippen LogP contribution in [0.15, 0.2) is 53.4 Å². The van der Waals surface area contributed by atoms with Gasteiger partial charge in [0.15, 0.2) is 0 Å². The fraction of sp³-hybridized carbons (Fsp3) is 0.300. The number of hydrogen-bond donors (Lipinski definition) is 1. The maximum Gasteiger partial charge on any atom is 0.327 e. The fourth-order valence-electron chi connectivity index (χ4n) is 2.48. The summed E-state index contributed by atoms with van der Waals surface area (Å²) in [5, 5.41) is 2.58. The number of ether oxygens (including phenoxy) is 1. The zero-order chi connectivity index (χ0) is 20.9. The van der Waals surface area contributed by atoms with E-state index in [-0.39, 0.29) is 16.9 Å². The monoisotopic (exact) mass is 404 g/mol. The molecule has 0 saturated carbocycles. The normalized spacial score (nSPS) is 11.2. The van der Waals surface area contributed by atoms with Crippen LogP contribution in [0.25, 0.3) is 0 Å². The topological polar surface area (TPSA) is 92.8 Å². The van der Waals surface area contributed by atoms with Crippen molar-refractivity contribution in [2.24, 2.45) is 0 Å². The number of nitrogens with one attached hydrogen (secondary N) is 1. The first-order chi connectivity index (χ1) is 13.1. The van der Waals surface area contributed by atoms with Gasteiger partial charge in [0.2, 0.25) is 5.91 Å². The molecule has 2 rings (SSSR count). The van der Waals surface area contributed by atoms with E-state index in [4.69, 9.17) is 4.74 Å². The maximum atomic E-state index is 13.2. The third-order valence-corrected chi connectivity index (χ3v) is 5.51. The molecule has 0 aliphatic carbocycles. The number of hydrogen-bond acceptors (Lipinski definition) is 5. The molecule has 0 unspecified atom stereocenters. The molecule has 0 aliphatic heterocycles. The molecule has 8 heteroatoms. The van der Waals surface area contributed by atoms with Gasteiger partial charge in [-0.15, -0.1) is 0 Å². The maximum absolute atomic E-state index is 13.2. The Morgan fingerprint density at radius 1 is 1.04 bits per heavy atom. The molecule has 1 N–H and O–H groups in total. The van der Waals surface area contributed by atoms with Crippen molar-refractivity contribution in [1.82, 2.24) is 0 Å². The van der Waals surface area contributed by atoms with Crippen molar-refractivity contribution >= 4 is 33.3 Å². The average molecular weight is 404 g/mol. The molecule has 0 heterocycles. The zero-order valence-corrected chi connectivity index (χ0v) is 17.1. The largest absolute Gasteiger partial charge is 0.462 e. The molecule has 0 radical (unpaired) electrons. The lowest BCUT2D eigenvalue weighted by Gasteiger charge is -2.24. The molecule has 0 aliphatic rings. The first kappa shape index (κ1) is 21.4. The minimum absolute atomic E-state index is 0.000441. The van der Waals surface area contributed by atoms with Gasteiger partial charge in [0.1, 0.15) is 6.54 Å². The Kier molecular flexibility index (Phi) is 6.80. The van der Waals surface area contributed by atoms with Gasteiger partial charge in [-0.2, -0.15) is 0 Å². The Bertz CT molecular complexity index is 936. The van der Waals surface area contributed by atoms with Crippen molar-refractivity contribution in [3.63, 3.8) is 0 Å². The molecule has 1 amide bonds. The van der Waals surface area contributed by atoms with Crippen molar-refractivity contribution in [3.05, 3.63) is 54.1 Å². The summed E-state index contributed by atoms with van der Waals surface area (Å²) in [5.41, 5.74) is 1.80. The van der Waals surface area contributed by atoms with Crippen molar-refractivity contribution in [2.45, 2.75) is 38.7 Å². The molecule has 0 fully saturated rings. The third kappa shape index (κ3) is 5.56.